The van der Waals surface area contributed by atoms with E-state index < -0.39 is 0 Å². The normalized spacial score (nSPS) is 12.4. The van der Waals surface area contributed by atoms with Gasteiger partial charge in [-0.15, -0.1) is 5.11 Å². The van der Waals surface area contributed by atoms with Gasteiger partial charge in [-0.05, 0) is 13.8 Å². The number of hydrogen-bond acceptors (Lipinski definition) is 3. The van der Waals surface area contributed by atoms with Crippen molar-refractivity contribution in [1.82, 2.24) is 0 Å². The van der Waals surface area contributed by atoms with Crippen LogP contribution in [0.15, 0.2) is 27.6 Å². The summed E-state index contributed by atoms with van der Waals surface area (Å²) in [6.07, 6.45) is 0. The molecule has 0 saturated heterocycles. The highest BCUT2D eigenvalue weighted by atomic mass is 15.2. The van der Waals surface area contributed by atoms with Crippen molar-refractivity contribution in [3.05, 3.63) is 12.3 Å². The van der Waals surface area contributed by atoms with Crippen LogP contribution < -0.4 is 5.84 Å². The number of nitrogens with zero attached hydrogens (tertiary/aromatic N) is 3. The molecule has 0 bridgehead atoms. The Morgan fingerprint density at radius 3 is 2.22 bits per heavy atom. The summed E-state index contributed by atoms with van der Waals surface area (Å²) in [6.45, 7) is 6.91. The van der Waals surface area contributed by atoms with Gasteiger partial charge >= 0.3 is 0 Å². The highest BCUT2D eigenvalue weighted by Gasteiger charge is 1.80. The van der Waals surface area contributed by atoms with E-state index in [9.17, 15) is 0 Å². The van der Waals surface area contributed by atoms with Crippen molar-refractivity contribution in [1.29, 1.82) is 0 Å². The molecule has 2 N–H and O–H groups in total. The molecular formula is C5H10N4. The molecule has 0 spiro atoms. The average molecular weight is 126 g/mol. The van der Waals surface area contributed by atoms with Gasteiger partial charge in [-0.2, -0.15) is 10.2 Å². The third-order valence-electron chi connectivity index (χ3n) is 0.552. The molecule has 0 aromatic heterocycles. The van der Waals surface area contributed by atoms with Crippen LogP contribution in [0.3, 0.4) is 0 Å². The zero-order valence-corrected chi connectivity index (χ0v) is 5.63. The standard InChI is InChI=1S/C5H10N4/c1-4(2)8-9-5(3)7-6/h1,6H2,2-3H3/b7-5-,9-8-. The molecule has 4 heteroatoms. The Hall–Kier alpha value is -1.19. The van der Waals surface area contributed by atoms with Crippen LogP contribution in [-0.4, -0.2) is 5.84 Å². The molecular weight excluding hydrogens is 116 g/mol. The van der Waals surface area contributed by atoms with Crippen LogP contribution in [0.25, 0.3) is 0 Å². The van der Waals surface area contributed by atoms with Crippen molar-refractivity contribution in [3.63, 3.8) is 0 Å². The van der Waals surface area contributed by atoms with Crippen LogP contribution in [0.5, 0.6) is 0 Å². The van der Waals surface area contributed by atoms with Gasteiger partial charge in [0.15, 0.2) is 5.84 Å². The quantitative estimate of drug-likeness (QED) is 0.186. The number of nitrogens with two attached hydrogens (primary N) is 1. The maximum atomic E-state index is 4.86. The lowest BCUT2D eigenvalue weighted by atomic mass is 10.6. The minimum atomic E-state index is 0.443. The minimum absolute atomic E-state index is 0.443. The summed E-state index contributed by atoms with van der Waals surface area (Å²) in [5, 5.41) is 10.5. The van der Waals surface area contributed by atoms with E-state index in [2.05, 4.69) is 21.9 Å². The van der Waals surface area contributed by atoms with E-state index in [0.29, 0.717) is 11.5 Å². The Morgan fingerprint density at radius 2 is 1.89 bits per heavy atom. The maximum Gasteiger partial charge on any atom is 0.167 e. The summed E-state index contributed by atoms with van der Waals surface area (Å²) in [6, 6.07) is 0. The second-order valence-corrected chi connectivity index (χ2v) is 1.61. The van der Waals surface area contributed by atoms with E-state index >= 15 is 0 Å². The van der Waals surface area contributed by atoms with Gasteiger partial charge in [-0.25, -0.2) is 0 Å². The van der Waals surface area contributed by atoms with Gasteiger partial charge in [0.05, 0.1) is 5.70 Å². The highest BCUT2D eigenvalue weighted by molar-refractivity contribution is 5.79. The zero-order valence-electron chi connectivity index (χ0n) is 5.63. The Bertz CT molecular complexity index is 156. The van der Waals surface area contributed by atoms with Gasteiger partial charge in [-0.3, -0.25) is 0 Å². The maximum absolute atomic E-state index is 4.86. The molecule has 9 heavy (non-hydrogen) atoms. The largest absolute Gasteiger partial charge is 0.321 e. The second kappa shape index (κ2) is 3.77. The summed E-state index contributed by atoms with van der Waals surface area (Å²) in [5.74, 6) is 5.31. The molecule has 0 rings (SSSR count). The first-order valence-corrected chi connectivity index (χ1v) is 2.48. The first kappa shape index (κ1) is 7.81. The van der Waals surface area contributed by atoms with Crippen molar-refractivity contribution in [2.45, 2.75) is 13.8 Å². The first-order chi connectivity index (χ1) is 4.16. The van der Waals surface area contributed by atoms with E-state index in [-0.39, 0.29) is 0 Å². The molecule has 0 saturated carbocycles. The van der Waals surface area contributed by atoms with Gasteiger partial charge in [0, 0.05) is 0 Å². The zero-order chi connectivity index (χ0) is 7.28. The number of rotatable bonds is 1. The van der Waals surface area contributed by atoms with Crippen molar-refractivity contribution >= 4 is 5.84 Å². The molecule has 0 aliphatic carbocycles. The van der Waals surface area contributed by atoms with E-state index in [4.69, 9.17) is 5.84 Å². The molecule has 0 aromatic rings. The Balaban J connectivity index is 3.86. The highest BCUT2D eigenvalue weighted by Crippen LogP contribution is 1.89. The van der Waals surface area contributed by atoms with Gasteiger partial charge in [-0.1, -0.05) is 6.58 Å². The lowest BCUT2D eigenvalue weighted by Crippen LogP contribution is -1.89. The van der Waals surface area contributed by atoms with Gasteiger partial charge < -0.3 is 5.84 Å². The SMILES string of the molecule is C=C(C)/N=N\C(C)=N/N. The monoisotopic (exact) mass is 126 g/mol. The molecule has 50 valence electrons. The van der Waals surface area contributed by atoms with Crippen molar-refractivity contribution in [2.75, 3.05) is 0 Å². The van der Waals surface area contributed by atoms with Crippen molar-refractivity contribution in [2.24, 2.45) is 21.2 Å². The number of amidine groups is 1. The van der Waals surface area contributed by atoms with Gasteiger partial charge in [0.2, 0.25) is 0 Å². The van der Waals surface area contributed by atoms with Crippen LogP contribution in [0, 0.1) is 0 Å². The van der Waals surface area contributed by atoms with E-state index in [1.807, 2.05) is 0 Å². The van der Waals surface area contributed by atoms with Crippen LogP contribution in [0.1, 0.15) is 13.8 Å². The number of hydrazone groups is 1. The molecule has 0 amide bonds. The minimum Gasteiger partial charge on any atom is -0.321 e. The molecule has 0 radical (unpaired) electrons. The topological polar surface area (TPSA) is 63.1 Å². The summed E-state index contributed by atoms with van der Waals surface area (Å²) >= 11 is 0. The van der Waals surface area contributed by atoms with Crippen LogP contribution in [-0.2, 0) is 0 Å². The predicted octanol–water partition coefficient (Wildman–Crippen LogP) is 1.26. The third kappa shape index (κ3) is 4.67. The summed E-state index contributed by atoms with van der Waals surface area (Å²) in [4.78, 5) is 0. The Kier molecular flexibility index (Phi) is 3.27. The van der Waals surface area contributed by atoms with Crippen LogP contribution in [0.4, 0.5) is 0 Å². The average Bonchev–Trinajstić information content (AvgIpc) is 1.83. The lowest BCUT2D eigenvalue weighted by Gasteiger charge is -1.84. The van der Waals surface area contributed by atoms with Crippen LogP contribution in [0.2, 0.25) is 0 Å². The fourth-order valence-corrected chi connectivity index (χ4v) is 0.184. The van der Waals surface area contributed by atoms with E-state index in [1.54, 1.807) is 13.8 Å². The fourth-order valence-electron chi connectivity index (χ4n) is 0.184. The van der Waals surface area contributed by atoms with E-state index in [1.165, 1.54) is 0 Å². The molecule has 0 fully saturated rings. The number of azo groups is 1. The number of allylic oxidation sites excluding steroid dienone is 1. The van der Waals surface area contributed by atoms with Crippen molar-refractivity contribution in [3.8, 4) is 0 Å². The molecule has 0 aliphatic rings. The van der Waals surface area contributed by atoms with Gasteiger partial charge in [0.25, 0.3) is 0 Å². The van der Waals surface area contributed by atoms with Gasteiger partial charge in [0.1, 0.15) is 0 Å². The second-order valence-electron chi connectivity index (χ2n) is 1.61. The molecule has 0 atom stereocenters. The first-order valence-electron chi connectivity index (χ1n) is 2.48. The molecule has 0 unspecified atom stereocenters. The summed E-state index contributed by atoms with van der Waals surface area (Å²) in [7, 11) is 0. The Morgan fingerprint density at radius 1 is 1.33 bits per heavy atom. The lowest BCUT2D eigenvalue weighted by molar-refractivity contribution is 1.12. The molecule has 0 aliphatic heterocycles. The summed E-state index contributed by atoms with van der Waals surface area (Å²) < 4.78 is 0. The molecule has 0 heterocycles. The predicted molar refractivity (Wildman–Crippen MR) is 37.0 cm³/mol. The summed E-state index contributed by atoms with van der Waals surface area (Å²) in [5.41, 5.74) is 0.637. The van der Waals surface area contributed by atoms with Crippen molar-refractivity contribution < 1.29 is 0 Å². The smallest absolute Gasteiger partial charge is 0.167 e. The fraction of sp³-hybridized carbons (Fsp3) is 0.400. The number of hydrogen-bond donors (Lipinski definition) is 1. The molecule has 0 aromatic carbocycles. The third-order valence-corrected chi connectivity index (χ3v) is 0.552. The Labute approximate surface area is 54.2 Å². The van der Waals surface area contributed by atoms with Crippen LogP contribution >= 0.6 is 0 Å². The molecule has 4 nitrogen and oxygen atoms in total. The van der Waals surface area contributed by atoms with E-state index in [0.717, 1.165) is 0 Å².